The van der Waals surface area contributed by atoms with Crippen LogP contribution in [0.3, 0.4) is 0 Å². The van der Waals surface area contributed by atoms with Gasteiger partial charge in [0.1, 0.15) is 11.3 Å². The lowest BCUT2D eigenvalue weighted by atomic mass is 10.1. The summed E-state index contributed by atoms with van der Waals surface area (Å²) in [6.07, 6.45) is 3.83. The van der Waals surface area contributed by atoms with Gasteiger partial charge in [0.25, 0.3) is 5.91 Å². The molecule has 0 atom stereocenters. The maximum absolute atomic E-state index is 12.9. The quantitative estimate of drug-likeness (QED) is 0.714. The third kappa shape index (κ3) is 2.94. The fraction of sp³-hybridized carbons (Fsp3) is 0.333. The van der Waals surface area contributed by atoms with Crippen LogP contribution in [0.1, 0.15) is 27.2 Å². The highest BCUT2D eigenvalue weighted by Gasteiger charge is 2.24. The number of carbonyl (C=O) groups is 1. The molecule has 1 amide bonds. The van der Waals surface area contributed by atoms with Crippen LogP contribution in [0, 0.1) is 20.8 Å². The monoisotopic (exact) mass is 348 g/mol. The molecule has 3 heterocycles. The summed E-state index contributed by atoms with van der Waals surface area (Å²) in [5.74, 6) is 0.0203. The summed E-state index contributed by atoms with van der Waals surface area (Å²) in [5, 5.41) is 0. The van der Waals surface area contributed by atoms with Gasteiger partial charge in [0.2, 0.25) is 0 Å². The van der Waals surface area contributed by atoms with E-state index in [4.69, 9.17) is 0 Å². The number of benzene rings is 1. The number of imidazole rings is 1. The second kappa shape index (κ2) is 6.48. The standard InChI is InChI=1S/C21H24N4O/c1-15-7-8-20-22-18(14-25(20)13-15)21(26)24-11-9-23(10-12-24)19-6-4-5-16(2)17(19)3/h4-8,13-14H,9-12H2,1-3H3. The van der Waals surface area contributed by atoms with Gasteiger partial charge in [0, 0.05) is 44.3 Å². The summed E-state index contributed by atoms with van der Waals surface area (Å²) in [6.45, 7) is 9.49. The molecule has 4 rings (SSSR count). The number of pyridine rings is 1. The summed E-state index contributed by atoms with van der Waals surface area (Å²) in [5.41, 5.74) is 6.39. The van der Waals surface area contributed by atoms with Gasteiger partial charge in [-0.15, -0.1) is 0 Å². The molecule has 1 aliphatic heterocycles. The lowest BCUT2D eigenvalue weighted by Gasteiger charge is -2.36. The second-order valence-corrected chi connectivity index (χ2v) is 7.10. The largest absolute Gasteiger partial charge is 0.368 e. The van der Waals surface area contributed by atoms with Crippen molar-refractivity contribution in [2.24, 2.45) is 0 Å². The predicted molar refractivity (Wildman–Crippen MR) is 104 cm³/mol. The summed E-state index contributed by atoms with van der Waals surface area (Å²) >= 11 is 0. The first-order valence-corrected chi connectivity index (χ1v) is 9.09. The van der Waals surface area contributed by atoms with E-state index in [0.717, 1.165) is 37.4 Å². The van der Waals surface area contributed by atoms with Crippen LogP contribution < -0.4 is 4.90 Å². The second-order valence-electron chi connectivity index (χ2n) is 7.10. The van der Waals surface area contributed by atoms with Gasteiger partial charge in [0.15, 0.2) is 0 Å². The number of hydrogen-bond acceptors (Lipinski definition) is 3. The van der Waals surface area contributed by atoms with E-state index >= 15 is 0 Å². The van der Waals surface area contributed by atoms with Crippen molar-refractivity contribution in [2.45, 2.75) is 20.8 Å². The first kappa shape index (κ1) is 16.6. The first-order chi connectivity index (χ1) is 12.5. The lowest BCUT2D eigenvalue weighted by molar-refractivity contribution is 0.0741. The molecule has 5 heteroatoms. The van der Waals surface area contributed by atoms with Crippen LogP contribution in [0.5, 0.6) is 0 Å². The lowest BCUT2D eigenvalue weighted by Crippen LogP contribution is -2.49. The zero-order chi connectivity index (χ0) is 18.3. The van der Waals surface area contributed by atoms with E-state index in [0.29, 0.717) is 5.69 Å². The minimum atomic E-state index is 0.0203. The van der Waals surface area contributed by atoms with Crippen molar-refractivity contribution in [3.05, 3.63) is 65.1 Å². The van der Waals surface area contributed by atoms with Crippen molar-refractivity contribution in [3.8, 4) is 0 Å². The van der Waals surface area contributed by atoms with Gasteiger partial charge in [-0.3, -0.25) is 4.79 Å². The van der Waals surface area contributed by atoms with E-state index in [1.54, 1.807) is 0 Å². The molecule has 0 saturated carbocycles. The van der Waals surface area contributed by atoms with Crippen LogP contribution in [-0.2, 0) is 0 Å². The Bertz CT molecular complexity index is 967. The van der Waals surface area contributed by atoms with Crippen LogP contribution in [0.2, 0.25) is 0 Å². The van der Waals surface area contributed by atoms with Crippen molar-refractivity contribution >= 4 is 17.2 Å². The van der Waals surface area contributed by atoms with Gasteiger partial charge in [-0.1, -0.05) is 18.2 Å². The van der Waals surface area contributed by atoms with Gasteiger partial charge in [-0.05, 0) is 49.6 Å². The Kier molecular flexibility index (Phi) is 4.15. The molecule has 134 valence electrons. The molecule has 0 aliphatic carbocycles. The Morgan fingerprint density at radius 2 is 1.73 bits per heavy atom. The molecule has 0 bridgehead atoms. The van der Waals surface area contributed by atoms with Crippen molar-refractivity contribution in [3.63, 3.8) is 0 Å². The molecular weight excluding hydrogens is 324 g/mol. The Labute approximate surface area is 153 Å². The summed E-state index contributed by atoms with van der Waals surface area (Å²) < 4.78 is 1.93. The molecule has 2 aromatic heterocycles. The van der Waals surface area contributed by atoms with Crippen molar-refractivity contribution < 1.29 is 4.79 Å². The third-order valence-electron chi connectivity index (χ3n) is 5.30. The average molecular weight is 348 g/mol. The number of hydrogen-bond donors (Lipinski definition) is 0. The van der Waals surface area contributed by atoms with E-state index in [-0.39, 0.29) is 5.91 Å². The van der Waals surface area contributed by atoms with Gasteiger partial charge in [-0.25, -0.2) is 4.98 Å². The fourth-order valence-corrected chi connectivity index (χ4v) is 3.60. The predicted octanol–water partition coefficient (Wildman–Crippen LogP) is 3.22. The number of aromatic nitrogens is 2. The highest BCUT2D eigenvalue weighted by molar-refractivity contribution is 5.93. The van der Waals surface area contributed by atoms with Crippen LogP contribution >= 0.6 is 0 Å². The Hall–Kier alpha value is -2.82. The molecule has 1 aliphatic rings. The molecular formula is C21H24N4O. The fourth-order valence-electron chi connectivity index (χ4n) is 3.60. The summed E-state index contributed by atoms with van der Waals surface area (Å²) in [7, 11) is 0. The molecule has 0 spiro atoms. The van der Waals surface area contributed by atoms with E-state index < -0.39 is 0 Å². The van der Waals surface area contributed by atoms with E-state index in [1.165, 1.54) is 16.8 Å². The Morgan fingerprint density at radius 1 is 0.962 bits per heavy atom. The highest BCUT2D eigenvalue weighted by Crippen LogP contribution is 2.24. The molecule has 26 heavy (non-hydrogen) atoms. The SMILES string of the molecule is Cc1ccc2nc(C(=O)N3CCN(c4cccc(C)c4C)CC3)cn2c1. The van der Waals surface area contributed by atoms with Gasteiger partial charge in [-0.2, -0.15) is 0 Å². The van der Waals surface area contributed by atoms with Gasteiger partial charge in [0.05, 0.1) is 0 Å². The molecule has 5 nitrogen and oxygen atoms in total. The maximum Gasteiger partial charge on any atom is 0.274 e. The van der Waals surface area contributed by atoms with Crippen molar-refractivity contribution in [1.82, 2.24) is 14.3 Å². The van der Waals surface area contributed by atoms with E-state index in [1.807, 2.05) is 40.8 Å². The van der Waals surface area contributed by atoms with Crippen molar-refractivity contribution in [1.29, 1.82) is 0 Å². The molecule has 0 radical (unpaired) electrons. The average Bonchev–Trinajstić information content (AvgIpc) is 3.07. The van der Waals surface area contributed by atoms with E-state index in [9.17, 15) is 4.79 Å². The number of amides is 1. The number of fused-ring (bicyclic) bond motifs is 1. The topological polar surface area (TPSA) is 40.9 Å². The normalized spacial score (nSPS) is 14.9. The Balaban J connectivity index is 1.48. The minimum Gasteiger partial charge on any atom is -0.368 e. The van der Waals surface area contributed by atoms with Gasteiger partial charge >= 0.3 is 0 Å². The van der Waals surface area contributed by atoms with Crippen LogP contribution in [0.15, 0.2) is 42.7 Å². The van der Waals surface area contributed by atoms with Crippen LogP contribution in [0.4, 0.5) is 5.69 Å². The maximum atomic E-state index is 12.9. The molecule has 0 N–H and O–H groups in total. The molecule has 1 fully saturated rings. The summed E-state index contributed by atoms with van der Waals surface area (Å²) in [4.78, 5) is 21.6. The van der Waals surface area contributed by atoms with Crippen molar-refractivity contribution in [2.75, 3.05) is 31.1 Å². The third-order valence-corrected chi connectivity index (χ3v) is 5.30. The van der Waals surface area contributed by atoms with Crippen LogP contribution in [0.25, 0.3) is 5.65 Å². The number of nitrogens with zero attached hydrogens (tertiary/aromatic N) is 4. The molecule has 0 unspecified atom stereocenters. The van der Waals surface area contributed by atoms with Crippen LogP contribution in [-0.4, -0.2) is 46.4 Å². The zero-order valence-electron chi connectivity index (χ0n) is 15.6. The minimum absolute atomic E-state index is 0.0203. The number of rotatable bonds is 2. The number of carbonyl (C=O) groups excluding carboxylic acids is 1. The number of aryl methyl sites for hydroxylation is 2. The molecule has 1 saturated heterocycles. The molecule has 1 aromatic carbocycles. The van der Waals surface area contributed by atoms with Gasteiger partial charge < -0.3 is 14.2 Å². The smallest absolute Gasteiger partial charge is 0.274 e. The van der Waals surface area contributed by atoms with E-state index in [2.05, 4.69) is 41.9 Å². The summed E-state index contributed by atoms with van der Waals surface area (Å²) in [6, 6.07) is 10.4. The first-order valence-electron chi connectivity index (χ1n) is 9.09. The zero-order valence-corrected chi connectivity index (χ0v) is 15.6. The highest BCUT2D eigenvalue weighted by atomic mass is 16.2. The molecule has 3 aromatic rings. The number of piperazine rings is 1. The number of anilines is 1. The Morgan fingerprint density at radius 3 is 2.50 bits per heavy atom.